The first-order valence-electron chi connectivity index (χ1n) is 6.41. The molecule has 0 atom stereocenters. The summed E-state index contributed by atoms with van der Waals surface area (Å²) >= 11 is 3.39. The molecule has 0 heterocycles. The van der Waals surface area contributed by atoms with Crippen LogP contribution in [-0.4, -0.2) is 12.6 Å². The lowest BCUT2D eigenvalue weighted by Crippen LogP contribution is -2.31. The number of nitrogens with one attached hydrogen (secondary N) is 2. The predicted octanol–water partition coefficient (Wildman–Crippen LogP) is 4.23. The Kier molecular flexibility index (Phi) is 5.43. The van der Waals surface area contributed by atoms with Gasteiger partial charge in [-0.3, -0.25) is 0 Å². The Balaban J connectivity index is 1.89. The van der Waals surface area contributed by atoms with E-state index < -0.39 is 29.2 Å². The molecule has 0 aromatic heterocycles. The first-order valence-corrected chi connectivity index (χ1v) is 7.20. The van der Waals surface area contributed by atoms with Crippen LogP contribution in [-0.2, 0) is 6.42 Å². The Morgan fingerprint density at radius 3 is 2.50 bits per heavy atom. The summed E-state index contributed by atoms with van der Waals surface area (Å²) in [5.41, 5.74) is 0.582. The number of carbonyl (C=O) groups excluding carboxylic acids is 1. The van der Waals surface area contributed by atoms with Crippen molar-refractivity contribution in [3.05, 3.63) is 63.9 Å². The van der Waals surface area contributed by atoms with Gasteiger partial charge in [-0.05, 0) is 30.2 Å². The lowest BCUT2D eigenvalue weighted by molar-refractivity contribution is 0.252. The van der Waals surface area contributed by atoms with Gasteiger partial charge in [0.2, 0.25) is 0 Å². The number of anilines is 1. The average Bonchev–Trinajstić information content (AvgIpc) is 2.50. The molecule has 0 aliphatic rings. The molecule has 2 amide bonds. The van der Waals surface area contributed by atoms with E-state index >= 15 is 0 Å². The molecule has 7 heteroatoms. The Hall–Kier alpha value is -2.02. The topological polar surface area (TPSA) is 41.1 Å². The maximum atomic E-state index is 13.4. The van der Waals surface area contributed by atoms with Crippen molar-refractivity contribution in [1.29, 1.82) is 0 Å². The van der Waals surface area contributed by atoms with Crippen LogP contribution in [0.5, 0.6) is 0 Å². The summed E-state index contributed by atoms with van der Waals surface area (Å²) in [7, 11) is 0. The summed E-state index contributed by atoms with van der Waals surface area (Å²) in [6, 6.07) is 8.54. The van der Waals surface area contributed by atoms with Gasteiger partial charge in [0.1, 0.15) is 0 Å². The van der Waals surface area contributed by atoms with Crippen LogP contribution in [0.15, 0.2) is 40.9 Å². The van der Waals surface area contributed by atoms with E-state index in [1.807, 2.05) is 24.3 Å². The first-order chi connectivity index (χ1) is 10.5. The van der Waals surface area contributed by atoms with Gasteiger partial charge < -0.3 is 10.6 Å². The molecule has 3 nitrogen and oxygen atoms in total. The smallest absolute Gasteiger partial charge is 0.319 e. The monoisotopic (exact) mass is 372 g/mol. The molecule has 0 saturated heterocycles. The normalized spacial score (nSPS) is 10.4. The third kappa shape index (κ3) is 4.00. The molecule has 0 unspecified atom stereocenters. The third-order valence-corrected chi connectivity index (χ3v) is 3.69. The minimum atomic E-state index is -1.62. The molecule has 2 N–H and O–H groups in total. The van der Waals surface area contributed by atoms with Crippen LogP contribution >= 0.6 is 15.9 Å². The van der Waals surface area contributed by atoms with Crippen LogP contribution in [0.2, 0.25) is 0 Å². The molecule has 22 heavy (non-hydrogen) atoms. The van der Waals surface area contributed by atoms with E-state index in [0.717, 1.165) is 22.2 Å². The highest BCUT2D eigenvalue weighted by atomic mass is 79.9. The summed E-state index contributed by atoms with van der Waals surface area (Å²) < 4.78 is 40.1. The van der Waals surface area contributed by atoms with Crippen molar-refractivity contribution in [3.8, 4) is 0 Å². The second-order valence-electron chi connectivity index (χ2n) is 4.45. The van der Waals surface area contributed by atoms with Crippen LogP contribution in [0.3, 0.4) is 0 Å². The number of benzene rings is 2. The number of hydrogen-bond acceptors (Lipinski definition) is 1. The zero-order chi connectivity index (χ0) is 16.1. The number of urea groups is 1. The molecule has 0 aliphatic heterocycles. The molecule has 0 spiro atoms. The number of carbonyl (C=O) groups is 1. The van der Waals surface area contributed by atoms with Crippen molar-refractivity contribution in [2.24, 2.45) is 0 Å². The average molecular weight is 373 g/mol. The standard InChI is InChI=1S/C15H12BrF3N2O/c16-10-4-2-1-3-9(10)7-8-20-15(22)21-12-6-5-11(17)13(18)14(12)19/h1-6H,7-8H2,(H2,20,21,22). The summed E-state index contributed by atoms with van der Waals surface area (Å²) in [6.07, 6.45) is 0.565. The Bertz CT molecular complexity index is 694. The zero-order valence-corrected chi connectivity index (χ0v) is 12.9. The fraction of sp³-hybridized carbons (Fsp3) is 0.133. The second kappa shape index (κ2) is 7.31. The lowest BCUT2D eigenvalue weighted by Gasteiger charge is -2.09. The number of amides is 2. The summed E-state index contributed by atoms with van der Waals surface area (Å²) in [5, 5.41) is 4.65. The zero-order valence-electron chi connectivity index (χ0n) is 11.3. The van der Waals surface area contributed by atoms with Crippen molar-refractivity contribution >= 4 is 27.6 Å². The van der Waals surface area contributed by atoms with E-state index in [0.29, 0.717) is 13.0 Å². The highest BCUT2D eigenvalue weighted by molar-refractivity contribution is 9.10. The molecule has 0 aliphatic carbocycles. The molecule has 116 valence electrons. The second-order valence-corrected chi connectivity index (χ2v) is 5.30. The lowest BCUT2D eigenvalue weighted by atomic mass is 10.1. The van der Waals surface area contributed by atoms with E-state index in [2.05, 4.69) is 26.6 Å². The molecule has 2 aromatic rings. The minimum Gasteiger partial charge on any atom is -0.338 e. The highest BCUT2D eigenvalue weighted by Gasteiger charge is 2.14. The summed E-state index contributed by atoms with van der Waals surface area (Å²) in [6.45, 7) is 0.305. The molecule has 0 saturated carbocycles. The van der Waals surface area contributed by atoms with Gasteiger partial charge in [0, 0.05) is 11.0 Å². The SMILES string of the molecule is O=C(NCCc1ccccc1Br)Nc1ccc(F)c(F)c1F. The number of rotatable bonds is 4. The van der Waals surface area contributed by atoms with E-state index in [9.17, 15) is 18.0 Å². The molecule has 0 radical (unpaired) electrons. The molecule has 0 bridgehead atoms. The minimum absolute atomic E-state index is 0.305. The Morgan fingerprint density at radius 1 is 1.05 bits per heavy atom. The Labute approximate surface area is 133 Å². The summed E-state index contributed by atoms with van der Waals surface area (Å²) in [4.78, 5) is 11.6. The third-order valence-electron chi connectivity index (χ3n) is 2.92. The molecular formula is C15H12BrF3N2O. The van der Waals surface area contributed by atoms with Crippen LogP contribution in [0, 0.1) is 17.5 Å². The van der Waals surface area contributed by atoms with Crippen LogP contribution < -0.4 is 10.6 Å². The van der Waals surface area contributed by atoms with Gasteiger partial charge in [-0.25, -0.2) is 18.0 Å². The van der Waals surface area contributed by atoms with Crippen molar-refractivity contribution in [3.63, 3.8) is 0 Å². The number of hydrogen-bond donors (Lipinski definition) is 2. The van der Waals surface area contributed by atoms with Crippen LogP contribution in [0.25, 0.3) is 0 Å². The molecule has 2 aromatic carbocycles. The van der Waals surface area contributed by atoms with Crippen molar-refractivity contribution in [2.45, 2.75) is 6.42 Å². The first kappa shape index (κ1) is 16.4. The van der Waals surface area contributed by atoms with E-state index in [-0.39, 0.29) is 0 Å². The molecule has 2 rings (SSSR count). The van der Waals surface area contributed by atoms with Crippen molar-refractivity contribution < 1.29 is 18.0 Å². The predicted molar refractivity (Wildman–Crippen MR) is 81.2 cm³/mol. The van der Waals surface area contributed by atoms with E-state index in [1.165, 1.54) is 0 Å². The van der Waals surface area contributed by atoms with Gasteiger partial charge in [0.25, 0.3) is 0 Å². The van der Waals surface area contributed by atoms with Crippen molar-refractivity contribution in [1.82, 2.24) is 5.32 Å². The highest BCUT2D eigenvalue weighted by Crippen LogP contribution is 2.19. The van der Waals surface area contributed by atoms with Gasteiger partial charge >= 0.3 is 6.03 Å². The van der Waals surface area contributed by atoms with Crippen LogP contribution in [0.1, 0.15) is 5.56 Å². The fourth-order valence-electron chi connectivity index (χ4n) is 1.80. The van der Waals surface area contributed by atoms with Crippen molar-refractivity contribution in [2.75, 3.05) is 11.9 Å². The fourth-order valence-corrected chi connectivity index (χ4v) is 2.28. The van der Waals surface area contributed by atoms with Gasteiger partial charge in [-0.1, -0.05) is 34.1 Å². The summed E-state index contributed by atoms with van der Waals surface area (Å²) in [5.74, 6) is -4.36. The van der Waals surface area contributed by atoms with E-state index in [4.69, 9.17) is 0 Å². The van der Waals surface area contributed by atoms with Gasteiger partial charge in [-0.2, -0.15) is 0 Å². The number of halogens is 4. The quantitative estimate of drug-likeness (QED) is 0.774. The maximum absolute atomic E-state index is 13.4. The Morgan fingerprint density at radius 2 is 1.77 bits per heavy atom. The van der Waals surface area contributed by atoms with Crippen LogP contribution in [0.4, 0.5) is 23.7 Å². The van der Waals surface area contributed by atoms with E-state index in [1.54, 1.807) is 0 Å². The van der Waals surface area contributed by atoms with Gasteiger partial charge in [-0.15, -0.1) is 0 Å². The largest absolute Gasteiger partial charge is 0.338 e. The van der Waals surface area contributed by atoms with Gasteiger partial charge in [0.05, 0.1) is 5.69 Å². The van der Waals surface area contributed by atoms with Gasteiger partial charge in [0.15, 0.2) is 17.5 Å². The molecular weight excluding hydrogens is 361 g/mol. The molecule has 0 fully saturated rings. The maximum Gasteiger partial charge on any atom is 0.319 e.